The number of H-pyrrole nitrogens is 1. The van der Waals surface area contributed by atoms with Gasteiger partial charge in [-0.05, 0) is 60.5 Å². The Bertz CT molecular complexity index is 450. The van der Waals surface area contributed by atoms with Crippen LogP contribution < -0.4 is 5.32 Å². The van der Waals surface area contributed by atoms with Crippen molar-refractivity contribution in [2.75, 3.05) is 18.6 Å². The van der Waals surface area contributed by atoms with Crippen LogP contribution in [0, 0.1) is 0 Å². The first-order valence-electron chi connectivity index (χ1n) is 6.16. The summed E-state index contributed by atoms with van der Waals surface area (Å²) in [6, 6.07) is 8.71. The van der Waals surface area contributed by atoms with Crippen molar-refractivity contribution in [3.63, 3.8) is 0 Å². The molecule has 92 valence electrons. The highest BCUT2D eigenvalue weighted by molar-refractivity contribution is 7.98. The van der Waals surface area contributed by atoms with Crippen LogP contribution in [0.25, 0.3) is 10.9 Å². The molecule has 0 saturated heterocycles. The number of fused-ring (bicyclic) bond motifs is 1. The molecule has 0 aliphatic heterocycles. The van der Waals surface area contributed by atoms with E-state index in [1.54, 1.807) is 0 Å². The molecule has 2 aromatic rings. The number of aromatic nitrogens is 1. The molecule has 17 heavy (non-hydrogen) atoms. The van der Waals surface area contributed by atoms with Gasteiger partial charge < -0.3 is 10.3 Å². The fourth-order valence-electron chi connectivity index (χ4n) is 1.94. The molecule has 2 rings (SSSR count). The lowest BCUT2D eigenvalue weighted by Crippen LogP contribution is -2.14. The van der Waals surface area contributed by atoms with Gasteiger partial charge in [-0.2, -0.15) is 11.8 Å². The number of aromatic amines is 1. The highest BCUT2D eigenvalue weighted by Crippen LogP contribution is 2.13. The summed E-state index contributed by atoms with van der Waals surface area (Å²) in [7, 11) is 0. The predicted octanol–water partition coefficient (Wildman–Crippen LogP) is 3.40. The molecule has 0 unspecified atom stereocenters. The second-order valence-electron chi connectivity index (χ2n) is 4.28. The minimum absolute atomic E-state index is 0.973. The molecule has 1 aromatic carbocycles. The van der Waals surface area contributed by atoms with Gasteiger partial charge >= 0.3 is 0 Å². The maximum absolute atomic E-state index is 3.50. The van der Waals surface area contributed by atoms with Gasteiger partial charge in [-0.25, -0.2) is 0 Å². The highest BCUT2D eigenvalue weighted by atomic mass is 32.2. The molecular formula is C14H20N2S. The highest BCUT2D eigenvalue weighted by Gasteiger charge is 1.97. The van der Waals surface area contributed by atoms with Crippen molar-refractivity contribution in [2.24, 2.45) is 0 Å². The second-order valence-corrected chi connectivity index (χ2v) is 5.26. The summed E-state index contributed by atoms with van der Waals surface area (Å²) in [6.07, 6.45) is 6.74. The summed E-state index contributed by atoms with van der Waals surface area (Å²) >= 11 is 1.93. The topological polar surface area (TPSA) is 27.8 Å². The Morgan fingerprint density at radius 1 is 1.24 bits per heavy atom. The van der Waals surface area contributed by atoms with Crippen LogP contribution in [0.5, 0.6) is 0 Å². The zero-order valence-electron chi connectivity index (χ0n) is 10.3. The number of nitrogens with one attached hydrogen (secondary N) is 2. The minimum atomic E-state index is 0.973. The Hall–Kier alpha value is -0.930. The maximum Gasteiger partial charge on any atom is 0.0454 e. The summed E-state index contributed by atoms with van der Waals surface area (Å²) in [5.74, 6) is 1.27. The Balaban J connectivity index is 1.75. The SMILES string of the molecule is CSCCCCNCc1ccc2[nH]ccc2c1. The van der Waals surface area contributed by atoms with Crippen LogP contribution in [0.2, 0.25) is 0 Å². The summed E-state index contributed by atoms with van der Waals surface area (Å²) in [5.41, 5.74) is 2.58. The minimum Gasteiger partial charge on any atom is -0.361 e. The zero-order chi connectivity index (χ0) is 11.9. The monoisotopic (exact) mass is 248 g/mol. The molecule has 0 aliphatic rings. The lowest BCUT2D eigenvalue weighted by atomic mass is 10.1. The van der Waals surface area contributed by atoms with Gasteiger partial charge in [0.15, 0.2) is 0 Å². The van der Waals surface area contributed by atoms with E-state index in [0.717, 1.165) is 13.1 Å². The van der Waals surface area contributed by atoms with Gasteiger partial charge in [0.2, 0.25) is 0 Å². The van der Waals surface area contributed by atoms with Gasteiger partial charge in [0, 0.05) is 18.3 Å². The van der Waals surface area contributed by atoms with Gasteiger partial charge in [0.1, 0.15) is 0 Å². The number of hydrogen-bond donors (Lipinski definition) is 2. The van der Waals surface area contributed by atoms with Crippen molar-refractivity contribution in [1.29, 1.82) is 0 Å². The smallest absolute Gasteiger partial charge is 0.0454 e. The molecule has 0 spiro atoms. The van der Waals surface area contributed by atoms with Crippen molar-refractivity contribution >= 4 is 22.7 Å². The van der Waals surface area contributed by atoms with E-state index in [1.807, 2.05) is 18.0 Å². The summed E-state index contributed by atoms with van der Waals surface area (Å²) < 4.78 is 0. The van der Waals surface area contributed by atoms with Crippen LogP contribution in [0.3, 0.4) is 0 Å². The molecule has 0 bridgehead atoms. The van der Waals surface area contributed by atoms with E-state index in [4.69, 9.17) is 0 Å². The van der Waals surface area contributed by atoms with E-state index < -0.39 is 0 Å². The van der Waals surface area contributed by atoms with Gasteiger partial charge in [0.25, 0.3) is 0 Å². The largest absolute Gasteiger partial charge is 0.361 e. The van der Waals surface area contributed by atoms with E-state index in [9.17, 15) is 0 Å². The summed E-state index contributed by atoms with van der Waals surface area (Å²) in [4.78, 5) is 3.21. The number of unbranched alkanes of at least 4 members (excludes halogenated alkanes) is 1. The molecule has 1 aromatic heterocycles. The molecule has 0 saturated carbocycles. The first-order chi connectivity index (χ1) is 8.40. The van der Waals surface area contributed by atoms with Gasteiger partial charge in [-0.15, -0.1) is 0 Å². The average molecular weight is 248 g/mol. The first kappa shape index (κ1) is 12.5. The molecule has 0 radical (unpaired) electrons. The second kappa shape index (κ2) is 6.72. The first-order valence-corrected chi connectivity index (χ1v) is 7.55. The molecule has 3 heteroatoms. The molecule has 0 amide bonds. The van der Waals surface area contributed by atoms with E-state index in [2.05, 4.69) is 40.8 Å². The Labute approximate surface area is 107 Å². The van der Waals surface area contributed by atoms with Crippen LogP contribution >= 0.6 is 11.8 Å². The van der Waals surface area contributed by atoms with Crippen molar-refractivity contribution in [2.45, 2.75) is 19.4 Å². The number of thioether (sulfide) groups is 1. The lowest BCUT2D eigenvalue weighted by Gasteiger charge is -2.05. The van der Waals surface area contributed by atoms with Crippen LogP contribution in [0.4, 0.5) is 0 Å². The fourth-order valence-corrected chi connectivity index (χ4v) is 2.43. The normalized spacial score (nSPS) is 11.1. The Morgan fingerprint density at radius 2 is 2.18 bits per heavy atom. The molecule has 0 fully saturated rings. The van der Waals surface area contributed by atoms with E-state index in [1.165, 1.54) is 35.1 Å². The maximum atomic E-state index is 3.50. The number of hydrogen-bond acceptors (Lipinski definition) is 2. The van der Waals surface area contributed by atoms with Gasteiger partial charge in [-0.1, -0.05) is 6.07 Å². The van der Waals surface area contributed by atoms with Crippen molar-refractivity contribution in [3.8, 4) is 0 Å². The molecule has 2 nitrogen and oxygen atoms in total. The van der Waals surface area contributed by atoms with Crippen molar-refractivity contribution < 1.29 is 0 Å². The molecule has 0 atom stereocenters. The van der Waals surface area contributed by atoms with Gasteiger partial charge in [0.05, 0.1) is 0 Å². The average Bonchev–Trinajstić information content (AvgIpc) is 2.81. The lowest BCUT2D eigenvalue weighted by molar-refractivity contribution is 0.644. The molecule has 0 aliphatic carbocycles. The summed E-state index contributed by atoms with van der Waals surface area (Å²) in [6.45, 7) is 2.09. The van der Waals surface area contributed by atoms with Crippen LogP contribution in [0.15, 0.2) is 30.5 Å². The third-order valence-electron chi connectivity index (χ3n) is 2.90. The van der Waals surface area contributed by atoms with E-state index in [-0.39, 0.29) is 0 Å². The fraction of sp³-hybridized carbons (Fsp3) is 0.429. The third-order valence-corrected chi connectivity index (χ3v) is 3.60. The molecule has 2 N–H and O–H groups in total. The predicted molar refractivity (Wildman–Crippen MR) is 77.6 cm³/mol. The standard InChI is InChI=1S/C14H20N2S/c1-17-9-3-2-7-15-11-12-4-5-14-13(10-12)6-8-16-14/h4-6,8,10,15-16H,2-3,7,9,11H2,1H3. The van der Waals surface area contributed by atoms with Crippen molar-refractivity contribution in [3.05, 3.63) is 36.0 Å². The van der Waals surface area contributed by atoms with E-state index in [0.29, 0.717) is 0 Å². The molecular weight excluding hydrogens is 228 g/mol. The quantitative estimate of drug-likeness (QED) is 0.735. The number of rotatable bonds is 7. The third kappa shape index (κ3) is 3.79. The van der Waals surface area contributed by atoms with Crippen LogP contribution in [0.1, 0.15) is 18.4 Å². The number of benzene rings is 1. The summed E-state index contributed by atoms with van der Waals surface area (Å²) in [5, 5.41) is 4.80. The van der Waals surface area contributed by atoms with Gasteiger partial charge in [-0.3, -0.25) is 0 Å². The Kier molecular flexibility index (Phi) is 4.95. The van der Waals surface area contributed by atoms with E-state index >= 15 is 0 Å². The zero-order valence-corrected chi connectivity index (χ0v) is 11.1. The Morgan fingerprint density at radius 3 is 3.06 bits per heavy atom. The van der Waals surface area contributed by atoms with Crippen LogP contribution in [-0.2, 0) is 6.54 Å². The van der Waals surface area contributed by atoms with Crippen molar-refractivity contribution in [1.82, 2.24) is 10.3 Å². The molecule has 1 heterocycles. The van der Waals surface area contributed by atoms with Crippen LogP contribution in [-0.4, -0.2) is 23.5 Å².